The summed E-state index contributed by atoms with van der Waals surface area (Å²) in [5.74, 6) is 0.167. The Labute approximate surface area is 146 Å². The van der Waals surface area contributed by atoms with Crippen LogP contribution in [0.25, 0.3) is 10.6 Å². The molecule has 3 heterocycles. The molecule has 0 unspecified atom stereocenters. The molecular weight excluding hydrogens is 346 g/mol. The number of furan rings is 1. The quantitative estimate of drug-likeness (QED) is 0.677. The summed E-state index contributed by atoms with van der Waals surface area (Å²) in [6, 6.07) is 5.52. The highest BCUT2D eigenvalue weighted by Crippen LogP contribution is 2.25. The number of thiazole rings is 1. The van der Waals surface area contributed by atoms with Gasteiger partial charge in [-0.2, -0.15) is 11.3 Å². The molecule has 0 aliphatic heterocycles. The van der Waals surface area contributed by atoms with Gasteiger partial charge in [0.25, 0.3) is 0 Å². The second-order valence-corrected chi connectivity index (χ2v) is 6.60. The zero-order valence-electron chi connectivity index (χ0n) is 12.7. The smallest absolute Gasteiger partial charge is 0.239 e. The van der Waals surface area contributed by atoms with Gasteiger partial charge in [0, 0.05) is 16.3 Å². The van der Waals surface area contributed by atoms with E-state index in [9.17, 15) is 9.59 Å². The molecule has 0 aliphatic carbocycles. The summed E-state index contributed by atoms with van der Waals surface area (Å²) in [5, 5.41) is 12.0. The number of thiophene rings is 1. The minimum Gasteiger partial charge on any atom is -0.467 e. The zero-order valence-corrected chi connectivity index (χ0v) is 14.3. The van der Waals surface area contributed by atoms with E-state index in [0.717, 1.165) is 10.6 Å². The molecule has 124 valence electrons. The lowest BCUT2D eigenvalue weighted by Gasteiger charge is -2.05. The van der Waals surface area contributed by atoms with Crippen LogP contribution in [0.3, 0.4) is 0 Å². The minimum atomic E-state index is -0.267. The second kappa shape index (κ2) is 7.89. The fourth-order valence-electron chi connectivity index (χ4n) is 1.97. The maximum atomic E-state index is 11.9. The largest absolute Gasteiger partial charge is 0.467 e. The van der Waals surface area contributed by atoms with E-state index in [0.29, 0.717) is 18.0 Å². The van der Waals surface area contributed by atoms with Crippen LogP contribution in [0.1, 0.15) is 11.5 Å². The molecule has 3 rings (SSSR count). The van der Waals surface area contributed by atoms with Crippen molar-refractivity contribution in [1.29, 1.82) is 0 Å². The maximum absolute atomic E-state index is 11.9. The first kappa shape index (κ1) is 16.4. The summed E-state index contributed by atoms with van der Waals surface area (Å²) in [6.45, 7) is 0.235. The summed E-state index contributed by atoms with van der Waals surface area (Å²) < 4.78 is 5.11. The molecule has 8 heteroatoms. The number of hydrogen-bond donors (Lipinski definition) is 2. The van der Waals surface area contributed by atoms with Crippen LogP contribution in [0.15, 0.2) is 45.0 Å². The van der Waals surface area contributed by atoms with Gasteiger partial charge < -0.3 is 15.1 Å². The van der Waals surface area contributed by atoms with Gasteiger partial charge in [0.2, 0.25) is 11.8 Å². The summed E-state index contributed by atoms with van der Waals surface area (Å²) in [6.07, 6.45) is 1.70. The average molecular weight is 361 g/mol. The van der Waals surface area contributed by atoms with Crippen LogP contribution in [-0.4, -0.2) is 23.3 Å². The summed E-state index contributed by atoms with van der Waals surface area (Å²) in [5.41, 5.74) is 1.77. The number of rotatable bonds is 7. The van der Waals surface area contributed by atoms with Gasteiger partial charge in [0.15, 0.2) is 0 Å². The number of carbonyl (C=O) groups excluding carboxylic acids is 2. The molecule has 3 aromatic rings. The number of hydrogen-bond acceptors (Lipinski definition) is 6. The van der Waals surface area contributed by atoms with Crippen molar-refractivity contribution >= 4 is 34.5 Å². The van der Waals surface area contributed by atoms with Crippen LogP contribution in [0.5, 0.6) is 0 Å². The van der Waals surface area contributed by atoms with E-state index in [1.165, 1.54) is 11.3 Å². The van der Waals surface area contributed by atoms with Crippen LogP contribution in [0, 0.1) is 0 Å². The fourth-order valence-corrected chi connectivity index (χ4v) is 3.51. The van der Waals surface area contributed by atoms with E-state index in [1.54, 1.807) is 29.7 Å². The van der Waals surface area contributed by atoms with Crippen LogP contribution < -0.4 is 10.6 Å². The third-order valence-corrected chi connectivity index (χ3v) is 4.77. The van der Waals surface area contributed by atoms with Gasteiger partial charge in [0.1, 0.15) is 10.8 Å². The van der Waals surface area contributed by atoms with Crippen molar-refractivity contribution in [3.8, 4) is 10.6 Å². The van der Waals surface area contributed by atoms with Gasteiger partial charge in [-0.15, -0.1) is 11.3 Å². The fraction of sp³-hybridized carbons (Fsp3) is 0.188. The van der Waals surface area contributed by atoms with Crippen molar-refractivity contribution in [2.45, 2.75) is 13.0 Å². The maximum Gasteiger partial charge on any atom is 0.239 e. The van der Waals surface area contributed by atoms with Crippen LogP contribution in [0.2, 0.25) is 0 Å². The SMILES string of the molecule is O=C(CNC(=O)Cc1csc(-c2ccsc2)n1)NCc1ccco1. The lowest BCUT2D eigenvalue weighted by atomic mass is 10.3. The molecule has 0 atom stereocenters. The van der Waals surface area contributed by atoms with Crippen LogP contribution >= 0.6 is 22.7 Å². The standard InChI is InChI=1S/C16H15N3O3S2/c20-14(18-8-15(21)17-7-13-2-1-4-22-13)6-12-10-24-16(19-12)11-3-5-23-9-11/h1-5,9-10H,6-8H2,(H,17,21)(H,18,20). The number of amides is 2. The minimum absolute atomic E-state index is 0.0684. The molecule has 0 spiro atoms. The number of carbonyl (C=O) groups is 2. The molecule has 0 saturated heterocycles. The van der Waals surface area contributed by atoms with E-state index >= 15 is 0 Å². The average Bonchev–Trinajstić information content (AvgIpc) is 3.31. The normalized spacial score (nSPS) is 10.5. The molecule has 0 fully saturated rings. The molecule has 2 N–H and O–H groups in total. The van der Waals surface area contributed by atoms with Crippen molar-refractivity contribution in [3.05, 3.63) is 52.1 Å². The Hall–Kier alpha value is -2.45. The van der Waals surface area contributed by atoms with E-state index < -0.39 is 0 Å². The van der Waals surface area contributed by atoms with E-state index in [-0.39, 0.29) is 24.8 Å². The van der Waals surface area contributed by atoms with Gasteiger partial charge in [-0.25, -0.2) is 4.98 Å². The Morgan fingerprint density at radius 1 is 1.17 bits per heavy atom. The topological polar surface area (TPSA) is 84.2 Å². The van der Waals surface area contributed by atoms with Crippen molar-refractivity contribution in [2.24, 2.45) is 0 Å². The van der Waals surface area contributed by atoms with Crippen molar-refractivity contribution < 1.29 is 14.0 Å². The van der Waals surface area contributed by atoms with Crippen LogP contribution in [0.4, 0.5) is 0 Å². The Kier molecular flexibility index (Phi) is 5.39. The highest BCUT2D eigenvalue weighted by Gasteiger charge is 2.10. The van der Waals surface area contributed by atoms with Gasteiger partial charge in [0.05, 0.1) is 31.5 Å². The van der Waals surface area contributed by atoms with Gasteiger partial charge >= 0.3 is 0 Å². The van der Waals surface area contributed by atoms with Crippen molar-refractivity contribution in [3.63, 3.8) is 0 Å². The van der Waals surface area contributed by atoms with E-state index in [2.05, 4.69) is 15.6 Å². The lowest BCUT2D eigenvalue weighted by molar-refractivity contribution is -0.125. The van der Waals surface area contributed by atoms with Gasteiger partial charge in [-0.3, -0.25) is 9.59 Å². The molecule has 24 heavy (non-hydrogen) atoms. The monoisotopic (exact) mass is 361 g/mol. The van der Waals surface area contributed by atoms with Gasteiger partial charge in [-0.05, 0) is 23.6 Å². The van der Waals surface area contributed by atoms with Crippen molar-refractivity contribution in [2.75, 3.05) is 6.54 Å². The summed E-state index contributed by atoms with van der Waals surface area (Å²) in [4.78, 5) is 28.0. The first-order chi connectivity index (χ1) is 11.7. The molecule has 0 radical (unpaired) electrons. The molecule has 2 amide bonds. The molecule has 3 aromatic heterocycles. The molecule has 6 nitrogen and oxygen atoms in total. The van der Waals surface area contributed by atoms with Gasteiger partial charge in [-0.1, -0.05) is 0 Å². The van der Waals surface area contributed by atoms with Crippen LogP contribution in [-0.2, 0) is 22.6 Å². The predicted octanol–water partition coefficient (Wildman–Crippen LogP) is 2.44. The summed E-state index contributed by atoms with van der Waals surface area (Å²) in [7, 11) is 0. The second-order valence-electron chi connectivity index (χ2n) is 4.97. The molecular formula is C16H15N3O3S2. The first-order valence-corrected chi connectivity index (χ1v) is 9.06. The number of nitrogens with one attached hydrogen (secondary N) is 2. The Morgan fingerprint density at radius 2 is 2.08 bits per heavy atom. The Balaban J connectivity index is 1.41. The Bertz CT molecular complexity index is 795. The third-order valence-electron chi connectivity index (χ3n) is 3.15. The molecule has 0 bridgehead atoms. The molecule has 0 aliphatic rings. The van der Waals surface area contributed by atoms with E-state index in [4.69, 9.17) is 4.42 Å². The lowest BCUT2D eigenvalue weighted by Crippen LogP contribution is -2.37. The number of nitrogens with zero attached hydrogens (tertiary/aromatic N) is 1. The zero-order chi connectivity index (χ0) is 16.8. The number of aromatic nitrogens is 1. The summed E-state index contributed by atoms with van der Waals surface area (Å²) >= 11 is 3.11. The predicted molar refractivity (Wildman–Crippen MR) is 92.7 cm³/mol. The third kappa shape index (κ3) is 4.53. The highest BCUT2D eigenvalue weighted by atomic mass is 32.1. The van der Waals surface area contributed by atoms with E-state index in [1.807, 2.05) is 22.2 Å². The first-order valence-electron chi connectivity index (χ1n) is 7.23. The molecule has 0 aromatic carbocycles. The Morgan fingerprint density at radius 3 is 2.83 bits per heavy atom. The van der Waals surface area contributed by atoms with Crippen molar-refractivity contribution in [1.82, 2.24) is 15.6 Å². The highest BCUT2D eigenvalue weighted by molar-refractivity contribution is 7.14. The molecule has 0 saturated carbocycles.